The number of hydrogen-bond donors (Lipinski definition) is 2. The summed E-state index contributed by atoms with van der Waals surface area (Å²) >= 11 is 0. The number of hydrogen-bond acceptors (Lipinski definition) is 3. The first-order valence-electron chi connectivity index (χ1n) is 4.13. The largest absolute Gasteiger partial charge is 0.363 e. The molecule has 0 aliphatic rings. The van der Waals surface area contributed by atoms with E-state index < -0.39 is 0 Å². The first kappa shape index (κ1) is 9.57. The van der Waals surface area contributed by atoms with Crippen molar-refractivity contribution in [3.63, 3.8) is 0 Å². The molecule has 0 fully saturated rings. The molecule has 0 radical (unpaired) electrons. The van der Waals surface area contributed by atoms with Crippen molar-refractivity contribution in [2.24, 2.45) is 5.92 Å². The smallest absolute Gasteiger partial charge is 0.320 e. The predicted molar refractivity (Wildman–Crippen MR) is 48.4 cm³/mol. The second kappa shape index (κ2) is 4.49. The monoisotopic (exact) mass is 183 g/mol. The van der Waals surface area contributed by atoms with Crippen LogP contribution in [-0.2, 0) is 0 Å². The molecule has 5 nitrogen and oxygen atoms in total. The molecule has 72 valence electrons. The van der Waals surface area contributed by atoms with Crippen LogP contribution in [0.15, 0.2) is 16.9 Å². The molecule has 0 saturated heterocycles. The van der Waals surface area contributed by atoms with Crippen LogP contribution in [0, 0.1) is 5.92 Å². The minimum atomic E-state index is -0.261. The molecule has 0 saturated carbocycles. The summed E-state index contributed by atoms with van der Waals surface area (Å²) in [4.78, 5) is 11.1. The van der Waals surface area contributed by atoms with Gasteiger partial charge in [0.05, 0.1) is 0 Å². The Morgan fingerprint density at radius 3 is 3.00 bits per heavy atom. The first-order valence-corrected chi connectivity index (χ1v) is 4.13. The third-order valence-corrected chi connectivity index (χ3v) is 1.35. The lowest BCUT2D eigenvalue weighted by Crippen LogP contribution is -2.31. The predicted octanol–water partition coefficient (Wildman–Crippen LogP) is 1.45. The molecule has 5 heteroatoms. The zero-order valence-corrected chi connectivity index (χ0v) is 7.70. The lowest BCUT2D eigenvalue weighted by atomic mass is 10.2. The Balaban J connectivity index is 2.26. The number of rotatable bonds is 3. The van der Waals surface area contributed by atoms with Crippen molar-refractivity contribution >= 4 is 11.8 Å². The van der Waals surface area contributed by atoms with Crippen molar-refractivity contribution in [1.29, 1.82) is 0 Å². The number of aromatic nitrogens is 1. The third-order valence-electron chi connectivity index (χ3n) is 1.35. The summed E-state index contributed by atoms with van der Waals surface area (Å²) < 4.78 is 4.55. The number of carbonyl (C=O) groups excluding carboxylic acids is 1. The van der Waals surface area contributed by atoms with Crippen molar-refractivity contribution in [3.05, 3.63) is 12.3 Å². The van der Waals surface area contributed by atoms with Crippen LogP contribution in [0.1, 0.15) is 13.8 Å². The van der Waals surface area contributed by atoms with Crippen LogP contribution in [-0.4, -0.2) is 17.7 Å². The van der Waals surface area contributed by atoms with E-state index in [1.165, 1.54) is 6.26 Å². The lowest BCUT2D eigenvalue weighted by molar-refractivity contribution is 0.250. The Hall–Kier alpha value is -1.52. The molecule has 0 aliphatic heterocycles. The van der Waals surface area contributed by atoms with Crippen molar-refractivity contribution in [2.75, 3.05) is 11.9 Å². The zero-order valence-electron chi connectivity index (χ0n) is 7.70. The van der Waals surface area contributed by atoms with Gasteiger partial charge in [0, 0.05) is 12.6 Å². The molecule has 0 atom stereocenters. The van der Waals surface area contributed by atoms with E-state index in [1.807, 2.05) is 13.8 Å². The highest BCUT2D eigenvalue weighted by Gasteiger charge is 2.03. The second-order valence-electron chi connectivity index (χ2n) is 3.11. The van der Waals surface area contributed by atoms with E-state index in [2.05, 4.69) is 20.3 Å². The van der Waals surface area contributed by atoms with Crippen LogP contribution in [0.2, 0.25) is 0 Å². The van der Waals surface area contributed by atoms with E-state index in [-0.39, 0.29) is 6.03 Å². The number of nitrogens with one attached hydrogen (secondary N) is 2. The van der Waals surface area contributed by atoms with Crippen molar-refractivity contribution in [1.82, 2.24) is 10.5 Å². The summed E-state index contributed by atoms with van der Waals surface area (Å²) in [5.74, 6) is 0.851. The SMILES string of the molecule is CC(C)CNC(=O)Nc1ccon1. The summed E-state index contributed by atoms with van der Waals surface area (Å²) in [5, 5.41) is 8.75. The van der Waals surface area contributed by atoms with Gasteiger partial charge in [-0.05, 0) is 5.92 Å². The Morgan fingerprint density at radius 1 is 1.69 bits per heavy atom. The maximum atomic E-state index is 11.1. The molecule has 1 heterocycles. The van der Waals surface area contributed by atoms with Gasteiger partial charge in [-0.15, -0.1) is 0 Å². The van der Waals surface area contributed by atoms with E-state index >= 15 is 0 Å². The topological polar surface area (TPSA) is 67.2 Å². The molecule has 13 heavy (non-hydrogen) atoms. The maximum absolute atomic E-state index is 11.1. The lowest BCUT2D eigenvalue weighted by Gasteiger charge is -2.06. The van der Waals surface area contributed by atoms with Gasteiger partial charge in [-0.2, -0.15) is 0 Å². The second-order valence-corrected chi connectivity index (χ2v) is 3.11. The van der Waals surface area contributed by atoms with Crippen molar-refractivity contribution < 1.29 is 9.32 Å². The highest BCUT2D eigenvalue weighted by atomic mass is 16.5. The number of nitrogens with zero attached hydrogens (tertiary/aromatic N) is 1. The molecule has 0 aromatic carbocycles. The minimum absolute atomic E-state index is 0.261. The van der Waals surface area contributed by atoms with Gasteiger partial charge in [-0.3, -0.25) is 5.32 Å². The van der Waals surface area contributed by atoms with Gasteiger partial charge in [-0.1, -0.05) is 19.0 Å². The molecule has 0 spiro atoms. The molecule has 0 aliphatic carbocycles. The average Bonchev–Trinajstić information content (AvgIpc) is 2.53. The highest BCUT2D eigenvalue weighted by molar-refractivity contribution is 5.87. The van der Waals surface area contributed by atoms with Crippen molar-refractivity contribution in [2.45, 2.75) is 13.8 Å². The van der Waals surface area contributed by atoms with Gasteiger partial charge in [0.25, 0.3) is 0 Å². The fourth-order valence-corrected chi connectivity index (χ4v) is 0.734. The minimum Gasteiger partial charge on any atom is -0.363 e. The third kappa shape index (κ3) is 3.59. The molecule has 1 aromatic rings. The Bertz CT molecular complexity index is 256. The van der Waals surface area contributed by atoms with Crippen molar-refractivity contribution in [3.8, 4) is 0 Å². The van der Waals surface area contributed by atoms with Crippen LogP contribution in [0.25, 0.3) is 0 Å². The van der Waals surface area contributed by atoms with E-state index in [1.54, 1.807) is 6.07 Å². The van der Waals surface area contributed by atoms with Gasteiger partial charge in [-0.25, -0.2) is 4.79 Å². The van der Waals surface area contributed by atoms with Gasteiger partial charge in [0.2, 0.25) is 0 Å². The molecular weight excluding hydrogens is 170 g/mol. The molecule has 1 rings (SSSR count). The van der Waals surface area contributed by atoms with Gasteiger partial charge in [0.1, 0.15) is 6.26 Å². The first-order chi connectivity index (χ1) is 6.18. The number of carbonyl (C=O) groups is 1. The quantitative estimate of drug-likeness (QED) is 0.745. The molecule has 0 unspecified atom stereocenters. The van der Waals surface area contributed by atoms with E-state index in [0.717, 1.165) is 0 Å². The Kier molecular flexibility index (Phi) is 3.31. The van der Waals surface area contributed by atoms with Crippen LogP contribution >= 0.6 is 0 Å². The maximum Gasteiger partial charge on any atom is 0.320 e. The average molecular weight is 183 g/mol. The van der Waals surface area contributed by atoms with Crippen LogP contribution in [0.4, 0.5) is 10.6 Å². The number of amides is 2. The number of urea groups is 1. The summed E-state index contributed by atoms with van der Waals surface area (Å²) in [5.41, 5.74) is 0. The van der Waals surface area contributed by atoms with Gasteiger partial charge >= 0.3 is 6.03 Å². The van der Waals surface area contributed by atoms with Crippen LogP contribution < -0.4 is 10.6 Å². The zero-order chi connectivity index (χ0) is 9.68. The normalized spacial score (nSPS) is 10.1. The summed E-state index contributed by atoms with van der Waals surface area (Å²) in [6, 6.07) is 1.32. The number of anilines is 1. The molecule has 0 bridgehead atoms. The highest BCUT2D eigenvalue weighted by Crippen LogP contribution is 1.99. The molecule has 2 amide bonds. The molecule has 1 aromatic heterocycles. The summed E-state index contributed by atoms with van der Waals surface area (Å²) in [7, 11) is 0. The summed E-state index contributed by atoms with van der Waals surface area (Å²) in [6.07, 6.45) is 1.40. The van der Waals surface area contributed by atoms with E-state index in [9.17, 15) is 4.79 Å². The van der Waals surface area contributed by atoms with Crippen LogP contribution in [0.3, 0.4) is 0 Å². The fourth-order valence-electron chi connectivity index (χ4n) is 0.734. The fraction of sp³-hybridized carbons (Fsp3) is 0.500. The molecule has 2 N–H and O–H groups in total. The standard InChI is InChI=1S/C8H13N3O2/c1-6(2)5-9-8(12)10-7-3-4-13-11-7/h3-4,6H,5H2,1-2H3,(H2,9,10,11,12). The molecular formula is C8H13N3O2. The van der Waals surface area contributed by atoms with E-state index in [0.29, 0.717) is 18.3 Å². The van der Waals surface area contributed by atoms with E-state index in [4.69, 9.17) is 0 Å². The van der Waals surface area contributed by atoms with Gasteiger partial charge < -0.3 is 9.84 Å². The van der Waals surface area contributed by atoms with Gasteiger partial charge in [0.15, 0.2) is 5.82 Å². The van der Waals surface area contributed by atoms with Crippen LogP contribution in [0.5, 0.6) is 0 Å². The summed E-state index contributed by atoms with van der Waals surface area (Å²) in [6.45, 7) is 4.69. The Labute approximate surface area is 76.5 Å². The Morgan fingerprint density at radius 2 is 2.46 bits per heavy atom.